The molecule has 0 saturated carbocycles. The van der Waals surface area contributed by atoms with Crippen molar-refractivity contribution in [2.45, 2.75) is 174 Å². The number of ether oxygens (including phenoxy) is 2. The van der Waals surface area contributed by atoms with Crippen molar-refractivity contribution >= 4 is 19.8 Å². The number of phosphoric acid groups is 1. The van der Waals surface area contributed by atoms with Gasteiger partial charge >= 0.3 is 19.8 Å². The van der Waals surface area contributed by atoms with Gasteiger partial charge in [0.25, 0.3) is 0 Å². The zero-order chi connectivity index (χ0) is 29.7. The molecule has 0 heterocycles. The standard InChI is InChI=1S/C31H61O8P/c1-3-5-7-9-11-13-15-17-19-21-23-25-30(32)37-27-29(28-38-40(34,35)36)39-31(33)26-24-22-20-18-16-14-12-10-8-6-4-2/h29H,3-28H2,1-2H3,(H2,34,35,36)/t29-/m0/s1. The number of phosphoric ester groups is 1. The topological polar surface area (TPSA) is 119 Å². The number of rotatable bonds is 30. The van der Waals surface area contributed by atoms with Gasteiger partial charge in [0.1, 0.15) is 6.61 Å². The van der Waals surface area contributed by atoms with Crippen molar-refractivity contribution in [2.75, 3.05) is 13.2 Å². The SMILES string of the molecule is CCCCCCCCCCCCCC(=O)OC[C@@H](COP(=O)(O)O)OC(=O)CCCCCCCCCCCCC. The van der Waals surface area contributed by atoms with E-state index in [-0.39, 0.29) is 19.4 Å². The summed E-state index contributed by atoms with van der Waals surface area (Å²) in [5.41, 5.74) is 0. The average molecular weight is 593 g/mol. The third-order valence-electron chi connectivity index (χ3n) is 7.13. The van der Waals surface area contributed by atoms with Crippen LogP contribution in [0.15, 0.2) is 0 Å². The highest BCUT2D eigenvalue weighted by atomic mass is 31.2. The van der Waals surface area contributed by atoms with E-state index in [1.165, 1.54) is 96.3 Å². The van der Waals surface area contributed by atoms with Crippen LogP contribution in [0.2, 0.25) is 0 Å². The lowest BCUT2D eigenvalue weighted by molar-refractivity contribution is -0.161. The highest BCUT2D eigenvalue weighted by Crippen LogP contribution is 2.35. The molecule has 0 rings (SSSR count). The second-order valence-corrected chi connectivity index (χ2v) is 12.4. The zero-order valence-electron chi connectivity index (χ0n) is 25.8. The largest absolute Gasteiger partial charge is 0.469 e. The fourth-order valence-electron chi connectivity index (χ4n) is 4.67. The maximum absolute atomic E-state index is 12.3. The summed E-state index contributed by atoms with van der Waals surface area (Å²) in [5, 5.41) is 0. The van der Waals surface area contributed by atoms with Gasteiger partial charge in [-0.2, -0.15) is 0 Å². The first-order valence-corrected chi connectivity index (χ1v) is 17.9. The van der Waals surface area contributed by atoms with Crippen LogP contribution in [0, 0.1) is 0 Å². The van der Waals surface area contributed by atoms with Crippen molar-refractivity contribution in [3.63, 3.8) is 0 Å². The molecule has 0 radical (unpaired) electrons. The zero-order valence-corrected chi connectivity index (χ0v) is 26.6. The molecule has 0 amide bonds. The summed E-state index contributed by atoms with van der Waals surface area (Å²) in [6, 6.07) is 0. The van der Waals surface area contributed by atoms with Crippen LogP contribution in [-0.4, -0.2) is 41.0 Å². The van der Waals surface area contributed by atoms with Crippen LogP contribution in [0.25, 0.3) is 0 Å². The normalized spacial score (nSPS) is 12.4. The van der Waals surface area contributed by atoms with E-state index in [1.54, 1.807) is 0 Å². The summed E-state index contributed by atoms with van der Waals surface area (Å²) in [7, 11) is -4.73. The maximum atomic E-state index is 12.3. The van der Waals surface area contributed by atoms with Crippen LogP contribution in [0.5, 0.6) is 0 Å². The molecule has 2 N–H and O–H groups in total. The molecule has 0 aromatic heterocycles. The number of unbranched alkanes of at least 4 members (excludes halogenated alkanes) is 20. The molecule has 0 aliphatic heterocycles. The van der Waals surface area contributed by atoms with Crippen molar-refractivity contribution in [1.29, 1.82) is 0 Å². The fraction of sp³-hybridized carbons (Fsp3) is 0.935. The van der Waals surface area contributed by atoms with Crippen molar-refractivity contribution < 1.29 is 37.9 Å². The van der Waals surface area contributed by atoms with Crippen molar-refractivity contribution in [3.8, 4) is 0 Å². The predicted octanol–water partition coefficient (Wildman–Crippen LogP) is 8.95. The number of esters is 2. The molecule has 8 nitrogen and oxygen atoms in total. The van der Waals surface area contributed by atoms with Crippen molar-refractivity contribution in [2.24, 2.45) is 0 Å². The third kappa shape index (κ3) is 30.0. The molecule has 0 aromatic rings. The minimum absolute atomic E-state index is 0.218. The van der Waals surface area contributed by atoms with Gasteiger partial charge in [-0.1, -0.05) is 142 Å². The van der Waals surface area contributed by atoms with E-state index in [4.69, 9.17) is 19.3 Å². The van der Waals surface area contributed by atoms with Gasteiger partial charge in [-0.15, -0.1) is 0 Å². The van der Waals surface area contributed by atoms with Crippen molar-refractivity contribution in [1.82, 2.24) is 0 Å². The summed E-state index contributed by atoms with van der Waals surface area (Å²) in [6.07, 6.45) is 25.4. The van der Waals surface area contributed by atoms with Crippen LogP contribution in [0.4, 0.5) is 0 Å². The molecule has 9 heteroatoms. The minimum atomic E-state index is -4.73. The summed E-state index contributed by atoms with van der Waals surface area (Å²) in [6.45, 7) is 3.65. The summed E-state index contributed by atoms with van der Waals surface area (Å²) >= 11 is 0. The molecule has 238 valence electrons. The average Bonchev–Trinajstić information content (AvgIpc) is 2.91. The van der Waals surface area contributed by atoms with Gasteiger partial charge in [-0.25, -0.2) is 4.57 Å². The molecule has 0 saturated heterocycles. The molecule has 0 aliphatic rings. The highest BCUT2D eigenvalue weighted by Gasteiger charge is 2.22. The first-order chi connectivity index (χ1) is 19.3. The molecule has 0 spiro atoms. The molecule has 0 aromatic carbocycles. The maximum Gasteiger partial charge on any atom is 0.469 e. The first kappa shape index (κ1) is 39.0. The Bertz CT molecular complexity index is 637. The van der Waals surface area contributed by atoms with Crippen LogP contribution >= 0.6 is 7.82 Å². The predicted molar refractivity (Wildman–Crippen MR) is 161 cm³/mol. The minimum Gasteiger partial charge on any atom is -0.462 e. The van der Waals surface area contributed by atoms with Crippen LogP contribution in [0.1, 0.15) is 168 Å². The van der Waals surface area contributed by atoms with E-state index in [0.717, 1.165) is 38.5 Å². The van der Waals surface area contributed by atoms with Crippen molar-refractivity contribution in [3.05, 3.63) is 0 Å². The quantitative estimate of drug-likeness (QED) is 0.0482. The number of carbonyl (C=O) groups excluding carboxylic acids is 2. The van der Waals surface area contributed by atoms with Gasteiger partial charge in [0.15, 0.2) is 6.10 Å². The summed E-state index contributed by atoms with van der Waals surface area (Å²) < 4.78 is 26.1. The van der Waals surface area contributed by atoms with E-state index in [9.17, 15) is 14.2 Å². The van der Waals surface area contributed by atoms with E-state index < -0.39 is 32.5 Å². The van der Waals surface area contributed by atoms with Gasteiger partial charge < -0.3 is 19.3 Å². The third-order valence-corrected chi connectivity index (χ3v) is 7.61. The summed E-state index contributed by atoms with van der Waals surface area (Å²) in [4.78, 5) is 42.4. The fourth-order valence-corrected chi connectivity index (χ4v) is 5.03. The smallest absolute Gasteiger partial charge is 0.462 e. The molecule has 0 unspecified atom stereocenters. The molecular formula is C31H61O8P. The lowest BCUT2D eigenvalue weighted by Gasteiger charge is -2.18. The second-order valence-electron chi connectivity index (χ2n) is 11.2. The molecule has 0 fully saturated rings. The van der Waals surface area contributed by atoms with Crippen LogP contribution in [0.3, 0.4) is 0 Å². The van der Waals surface area contributed by atoms with Crippen LogP contribution < -0.4 is 0 Å². The van der Waals surface area contributed by atoms with E-state index >= 15 is 0 Å². The second kappa shape index (κ2) is 28.2. The van der Waals surface area contributed by atoms with Gasteiger partial charge in [-0.05, 0) is 12.8 Å². The van der Waals surface area contributed by atoms with E-state index in [2.05, 4.69) is 18.4 Å². The molecule has 0 aliphatic carbocycles. The molecule has 0 bridgehead atoms. The Labute approximate surface area is 244 Å². The Kier molecular flexibility index (Phi) is 27.5. The molecule has 1 atom stereocenters. The van der Waals surface area contributed by atoms with Crippen LogP contribution in [-0.2, 0) is 28.2 Å². The Balaban J connectivity index is 4.01. The highest BCUT2D eigenvalue weighted by molar-refractivity contribution is 7.46. The van der Waals surface area contributed by atoms with Gasteiger partial charge in [-0.3, -0.25) is 14.1 Å². The first-order valence-electron chi connectivity index (χ1n) is 16.3. The van der Waals surface area contributed by atoms with Gasteiger partial charge in [0.05, 0.1) is 6.61 Å². The Morgan fingerprint density at radius 2 is 0.900 bits per heavy atom. The number of hydrogen-bond donors (Lipinski definition) is 2. The lowest BCUT2D eigenvalue weighted by atomic mass is 10.1. The molecular weight excluding hydrogens is 531 g/mol. The van der Waals surface area contributed by atoms with Gasteiger partial charge in [0.2, 0.25) is 0 Å². The number of hydrogen-bond acceptors (Lipinski definition) is 6. The lowest BCUT2D eigenvalue weighted by Crippen LogP contribution is -2.29. The van der Waals surface area contributed by atoms with E-state index in [0.29, 0.717) is 6.42 Å². The Morgan fingerprint density at radius 1 is 0.550 bits per heavy atom. The number of carbonyl (C=O) groups is 2. The van der Waals surface area contributed by atoms with Gasteiger partial charge in [0, 0.05) is 12.8 Å². The monoisotopic (exact) mass is 592 g/mol. The Hall–Kier alpha value is -0.950. The van der Waals surface area contributed by atoms with E-state index in [1.807, 2.05) is 0 Å². The Morgan fingerprint density at radius 3 is 1.27 bits per heavy atom. The molecule has 40 heavy (non-hydrogen) atoms. The summed E-state index contributed by atoms with van der Waals surface area (Å²) in [5.74, 6) is -0.879.